The number of aromatic nitrogens is 2. The number of hydrogen-bond acceptors (Lipinski definition) is 6. The van der Waals surface area contributed by atoms with E-state index in [0.29, 0.717) is 22.5 Å². The highest BCUT2D eigenvalue weighted by atomic mass is 32.2. The number of likely N-dealkylation sites (N-methyl/N-ethyl adjacent to an activating group) is 1. The van der Waals surface area contributed by atoms with E-state index in [1.54, 1.807) is 36.4 Å². The zero-order chi connectivity index (χ0) is 20.6. The maximum atomic E-state index is 13.1. The lowest BCUT2D eigenvalue weighted by Crippen LogP contribution is -2.49. The summed E-state index contributed by atoms with van der Waals surface area (Å²) in [6.45, 7) is 4.00. The maximum Gasteiger partial charge on any atom is 0.269 e. The molecule has 0 aliphatic carbocycles. The highest BCUT2D eigenvalue weighted by Crippen LogP contribution is 2.34. The Kier molecular flexibility index (Phi) is 5.03. The van der Waals surface area contributed by atoms with Crippen LogP contribution in [0.2, 0.25) is 0 Å². The second-order valence-electron chi connectivity index (χ2n) is 7.45. The predicted molar refractivity (Wildman–Crippen MR) is 112 cm³/mol. The van der Waals surface area contributed by atoms with Gasteiger partial charge in [0.25, 0.3) is 10.0 Å². The Labute approximate surface area is 170 Å². The van der Waals surface area contributed by atoms with Crippen LogP contribution in [0.25, 0.3) is 11.0 Å². The summed E-state index contributed by atoms with van der Waals surface area (Å²) in [7, 11) is -1.81. The normalized spacial score (nSPS) is 19.8. The second-order valence-corrected chi connectivity index (χ2v) is 9.26. The first-order valence-electron chi connectivity index (χ1n) is 9.59. The molecule has 0 amide bonds. The van der Waals surface area contributed by atoms with Crippen molar-refractivity contribution in [1.82, 2.24) is 14.3 Å². The van der Waals surface area contributed by atoms with Gasteiger partial charge in [0.15, 0.2) is 5.65 Å². The molecule has 3 aromatic rings. The van der Waals surface area contributed by atoms with Crippen LogP contribution >= 0.6 is 0 Å². The van der Waals surface area contributed by atoms with Gasteiger partial charge in [0.2, 0.25) is 0 Å². The number of benzene rings is 1. The second kappa shape index (κ2) is 7.50. The molecular formula is C21H23N5O2S. The molecule has 8 heteroatoms. The van der Waals surface area contributed by atoms with Crippen molar-refractivity contribution in [3.63, 3.8) is 0 Å². The first kappa shape index (κ1) is 19.4. The molecule has 1 fully saturated rings. The summed E-state index contributed by atoms with van der Waals surface area (Å²) in [6, 6.07) is 12.4. The fraction of sp³-hybridized carbons (Fsp3) is 0.333. The van der Waals surface area contributed by atoms with Crippen molar-refractivity contribution in [1.29, 1.82) is 5.26 Å². The van der Waals surface area contributed by atoms with Crippen LogP contribution in [0.5, 0.6) is 0 Å². The number of hydrogen-bond donors (Lipinski definition) is 1. The zero-order valence-corrected chi connectivity index (χ0v) is 17.2. The minimum atomic E-state index is -3.78. The fourth-order valence-electron chi connectivity index (χ4n) is 4.07. The van der Waals surface area contributed by atoms with Crippen LogP contribution in [0.15, 0.2) is 53.7 Å². The van der Waals surface area contributed by atoms with Gasteiger partial charge in [-0.3, -0.25) is 0 Å². The Hall–Kier alpha value is -2.89. The van der Waals surface area contributed by atoms with Gasteiger partial charge in [-0.05, 0) is 37.1 Å². The van der Waals surface area contributed by atoms with Crippen LogP contribution < -0.4 is 10.2 Å². The molecule has 0 radical (unpaired) electrons. The van der Waals surface area contributed by atoms with E-state index in [4.69, 9.17) is 0 Å². The van der Waals surface area contributed by atoms with E-state index in [0.717, 1.165) is 25.2 Å². The molecule has 3 heterocycles. The van der Waals surface area contributed by atoms with Crippen molar-refractivity contribution in [2.24, 2.45) is 5.92 Å². The molecule has 2 aromatic heterocycles. The molecule has 150 valence electrons. The SMILES string of the molecule is C[C@@H]1CCNCC1N(C)c1c(C#N)cnc2c1ccn2S(=O)(=O)c1ccccc1. The molecule has 1 aliphatic rings. The van der Waals surface area contributed by atoms with Crippen LogP contribution in [0, 0.1) is 17.2 Å². The Bertz CT molecular complexity index is 1180. The van der Waals surface area contributed by atoms with Crippen LogP contribution in [0.1, 0.15) is 18.9 Å². The van der Waals surface area contributed by atoms with E-state index < -0.39 is 10.0 Å². The van der Waals surface area contributed by atoms with E-state index in [9.17, 15) is 13.7 Å². The third-order valence-corrected chi connectivity index (χ3v) is 7.39. The van der Waals surface area contributed by atoms with Crippen LogP contribution in [0.3, 0.4) is 0 Å². The molecule has 1 saturated heterocycles. The summed E-state index contributed by atoms with van der Waals surface area (Å²) in [5, 5.41) is 13.7. The molecule has 1 unspecified atom stereocenters. The number of anilines is 1. The van der Waals surface area contributed by atoms with Gasteiger partial charge in [0, 0.05) is 37.4 Å². The average Bonchev–Trinajstić information content (AvgIpc) is 3.18. The smallest absolute Gasteiger partial charge is 0.269 e. The van der Waals surface area contributed by atoms with Crippen molar-refractivity contribution >= 4 is 26.7 Å². The third-order valence-electron chi connectivity index (χ3n) is 5.71. The summed E-state index contributed by atoms with van der Waals surface area (Å²) in [4.78, 5) is 6.62. The quantitative estimate of drug-likeness (QED) is 0.712. The Morgan fingerprint density at radius 2 is 2.03 bits per heavy atom. The minimum Gasteiger partial charge on any atom is -0.368 e. The molecule has 4 rings (SSSR count). The first-order valence-corrected chi connectivity index (χ1v) is 11.0. The molecule has 0 saturated carbocycles. The molecule has 0 spiro atoms. The van der Waals surface area contributed by atoms with Gasteiger partial charge in [0.1, 0.15) is 6.07 Å². The number of nitrogens with one attached hydrogen (secondary N) is 1. The maximum absolute atomic E-state index is 13.1. The van der Waals surface area contributed by atoms with Gasteiger partial charge in [0.05, 0.1) is 16.1 Å². The fourth-order valence-corrected chi connectivity index (χ4v) is 5.39. The van der Waals surface area contributed by atoms with Crippen LogP contribution in [-0.4, -0.2) is 43.6 Å². The van der Waals surface area contributed by atoms with E-state index in [1.165, 1.54) is 16.4 Å². The molecule has 29 heavy (non-hydrogen) atoms. The lowest BCUT2D eigenvalue weighted by atomic mass is 9.93. The number of rotatable bonds is 4. The summed E-state index contributed by atoms with van der Waals surface area (Å²) in [6.07, 6.45) is 4.03. The third kappa shape index (κ3) is 3.26. The summed E-state index contributed by atoms with van der Waals surface area (Å²) in [5.41, 5.74) is 1.49. The Morgan fingerprint density at radius 1 is 1.28 bits per heavy atom. The van der Waals surface area contributed by atoms with Crippen molar-refractivity contribution in [3.05, 3.63) is 54.4 Å². The van der Waals surface area contributed by atoms with E-state index >= 15 is 0 Å². The number of pyridine rings is 1. The largest absolute Gasteiger partial charge is 0.368 e. The lowest BCUT2D eigenvalue weighted by molar-refractivity contribution is 0.339. The van der Waals surface area contributed by atoms with Gasteiger partial charge >= 0.3 is 0 Å². The topological polar surface area (TPSA) is 91.0 Å². The highest BCUT2D eigenvalue weighted by molar-refractivity contribution is 7.90. The first-order chi connectivity index (χ1) is 13.9. The van der Waals surface area contributed by atoms with Crippen molar-refractivity contribution < 1.29 is 8.42 Å². The van der Waals surface area contributed by atoms with Gasteiger partial charge in [-0.2, -0.15) is 5.26 Å². The predicted octanol–water partition coefficient (Wildman–Crippen LogP) is 2.58. The molecular weight excluding hydrogens is 386 g/mol. The summed E-state index contributed by atoms with van der Waals surface area (Å²) >= 11 is 0. The van der Waals surface area contributed by atoms with Crippen molar-refractivity contribution in [3.8, 4) is 6.07 Å². The van der Waals surface area contributed by atoms with Crippen molar-refractivity contribution in [2.75, 3.05) is 25.0 Å². The zero-order valence-electron chi connectivity index (χ0n) is 16.4. The molecule has 1 aromatic carbocycles. The van der Waals surface area contributed by atoms with Gasteiger partial charge in [-0.1, -0.05) is 25.1 Å². The molecule has 2 atom stereocenters. The minimum absolute atomic E-state index is 0.198. The van der Waals surface area contributed by atoms with E-state index in [2.05, 4.69) is 28.2 Å². The van der Waals surface area contributed by atoms with Gasteiger partial charge in [-0.15, -0.1) is 0 Å². The molecule has 1 aliphatic heterocycles. The summed E-state index contributed by atoms with van der Waals surface area (Å²) in [5.74, 6) is 0.450. The van der Waals surface area contributed by atoms with E-state index in [1.807, 2.05) is 7.05 Å². The molecule has 0 bridgehead atoms. The lowest BCUT2D eigenvalue weighted by Gasteiger charge is -2.38. The monoisotopic (exact) mass is 409 g/mol. The van der Waals surface area contributed by atoms with E-state index in [-0.39, 0.29) is 10.9 Å². The molecule has 1 N–H and O–H groups in total. The highest BCUT2D eigenvalue weighted by Gasteiger charge is 2.29. The number of piperidine rings is 1. The van der Waals surface area contributed by atoms with Crippen LogP contribution in [0.4, 0.5) is 5.69 Å². The standard InChI is InChI=1S/C21H23N5O2S/c1-15-8-10-23-14-19(15)25(2)20-16(12-22)13-24-21-18(20)9-11-26(21)29(27,28)17-6-4-3-5-7-17/h3-7,9,11,13,15,19,23H,8,10,14H2,1-2H3/t15-,19?/m1/s1. The molecule has 7 nitrogen and oxygen atoms in total. The number of fused-ring (bicyclic) bond motifs is 1. The number of nitrogens with zero attached hydrogens (tertiary/aromatic N) is 4. The number of nitriles is 1. The van der Waals surface area contributed by atoms with Gasteiger partial charge < -0.3 is 10.2 Å². The van der Waals surface area contributed by atoms with Crippen LogP contribution in [-0.2, 0) is 10.0 Å². The average molecular weight is 410 g/mol. The summed E-state index contributed by atoms with van der Waals surface area (Å²) < 4.78 is 27.5. The van der Waals surface area contributed by atoms with Gasteiger partial charge in [-0.25, -0.2) is 17.4 Å². The Balaban J connectivity index is 1.87. The van der Waals surface area contributed by atoms with Crippen molar-refractivity contribution in [2.45, 2.75) is 24.3 Å². The Morgan fingerprint density at radius 3 is 2.72 bits per heavy atom.